The summed E-state index contributed by atoms with van der Waals surface area (Å²) < 4.78 is 5.93. The van der Waals surface area contributed by atoms with Gasteiger partial charge in [-0.05, 0) is 55.5 Å². The summed E-state index contributed by atoms with van der Waals surface area (Å²) in [7, 11) is 0. The van der Waals surface area contributed by atoms with Crippen molar-refractivity contribution < 1.29 is 9.21 Å². The van der Waals surface area contributed by atoms with Crippen molar-refractivity contribution in [3.63, 3.8) is 0 Å². The molecule has 148 valence electrons. The molecule has 1 aromatic carbocycles. The molecule has 2 aromatic heterocycles. The van der Waals surface area contributed by atoms with E-state index in [1.165, 1.54) is 0 Å². The van der Waals surface area contributed by atoms with Crippen LogP contribution in [0.5, 0.6) is 0 Å². The van der Waals surface area contributed by atoms with Gasteiger partial charge >= 0.3 is 0 Å². The normalized spacial score (nSPS) is 18.5. The van der Waals surface area contributed by atoms with Crippen LogP contribution < -0.4 is 10.6 Å². The first kappa shape index (κ1) is 19.1. The van der Waals surface area contributed by atoms with Gasteiger partial charge in [0.15, 0.2) is 5.11 Å². The van der Waals surface area contributed by atoms with Gasteiger partial charge < -0.3 is 20.0 Å². The predicted octanol–water partition coefficient (Wildman–Crippen LogP) is 3.98. The number of para-hydroxylation sites is 1. The van der Waals surface area contributed by atoms with E-state index in [1.54, 1.807) is 6.20 Å². The molecule has 3 aromatic rings. The number of anilines is 1. The third-order valence-corrected chi connectivity index (χ3v) is 5.24. The largest absolute Gasteiger partial charge is 0.464 e. The predicted molar refractivity (Wildman–Crippen MR) is 115 cm³/mol. The summed E-state index contributed by atoms with van der Waals surface area (Å²) in [6.07, 6.45) is 2.07. The van der Waals surface area contributed by atoms with Crippen molar-refractivity contribution in [2.24, 2.45) is 0 Å². The number of carbonyl (C=O) groups excluding carboxylic acids is 1. The lowest BCUT2D eigenvalue weighted by molar-refractivity contribution is -0.116. The summed E-state index contributed by atoms with van der Waals surface area (Å²) in [5.41, 5.74) is 1.66. The highest BCUT2D eigenvalue weighted by Crippen LogP contribution is 2.39. The molecule has 1 fully saturated rings. The van der Waals surface area contributed by atoms with Gasteiger partial charge in [0.25, 0.3) is 0 Å². The Morgan fingerprint density at radius 2 is 1.97 bits per heavy atom. The minimum Gasteiger partial charge on any atom is -0.464 e. The Labute approximate surface area is 174 Å². The van der Waals surface area contributed by atoms with E-state index in [0.29, 0.717) is 18.1 Å². The molecule has 3 heterocycles. The van der Waals surface area contributed by atoms with Crippen LogP contribution in [0.2, 0.25) is 0 Å². The monoisotopic (exact) mass is 406 g/mol. The highest BCUT2D eigenvalue weighted by Gasteiger charge is 2.41. The molecule has 0 saturated carbocycles. The number of aromatic nitrogens is 1. The van der Waals surface area contributed by atoms with Gasteiger partial charge in [-0.3, -0.25) is 9.78 Å². The fourth-order valence-corrected chi connectivity index (χ4v) is 3.87. The van der Waals surface area contributed by atoms with Crippen molar-refractivity contribution in [3.8, 4) is 0 Å². The maximum atomic E-state index is 12.4. The van der Waals surface area contributed by atoms with E-state index in [9.17, 15) is 4.79 Å². The first-order valence-electron chi connectivity index (χ1n) is 9.51. The van der Waals surface area contributed by atoms with Crippen molar-refractivity contribution in [2.75, 3.05) is 11.9 Å². The lowest BCUT2D eigenvalue weighted by Crippen LogP contribution is -2.32. The molecule has 0 spiro atoms. The number of aryl methyl sites for hydroxylation is 1. The number of hydrogen-bond acceptors (Lipinski definition) is 4. The lowest BCUT2D eigenvalue weighted by atomic mass is 10.0. The van der Waals surface area contributed by atoms with E-state index in [4.69, 9.17) is 16.6 Å². The number of amides is 1. The van der Waals surface area contributed by atoms with Crippen LogP contribution in [0.1, 0.15) is 35.7 Å². The van der Waals surface area contributed by atoms with Gasteiger partial charge in [0.2, 0.25) is 5.91 Å². The highest BCUT2D eigenvalue weighted by atomic mass is 32.1. The number of hydrogen-bond donors (Lipinski definition) is 2. The maximum Gasteiger partial charge on any atom is 0.226 e. The third kappa shape index (κ3) is 4.30. The summed E-state index contributed by atoms with van der Waals surface area (Å²) in [5, 5.41) is 6.86. The van der Waals surface area contributed by atoms with Gasteiger partial charge in [-0.25, -0.2) is 0 Å². The van der Waals surface area contributed by atoms with E-state index < -0.39 is 0 Å². The van der Waals surface area contributed by atoms with Crippen molar-refractivity contribution in [3.05, 3.63) is 84.1 Å². The molecule has 1 amide bonds. The number of thiocarbonyl (C=S) groups is 1. The Balaban J connectivity index is 1.52. The molecular weight excluding hydrogens is 384 g/mol. The first-order valence-corrected chi connectivity index (χ1v) is 9.92. The Hall–Kier alpha value is -3.19. The van der Waals surface area contributed by atoms with Crippen molar-refractivity contribution in [2.45, 2.75) is 25.4 Å². The van der Waals surface area contributed by atoms with E-state index >= 15 is 0 Å². The number of nitrogens with one attached hydrogen (secondary N) is 2. The second kappa shape index (κ2) is 8.45. The van der Waals surface area contributed by atoms with E-state index in [-0.39, 0.29) is 18.0 Å². The van der Waals surface area contributed by atoms with Gasteiger partial charge in [0, 0.05) is 24.8 Å². The summed E-state index contributed by atoms with van der Waals surface area (Å²) in [6, 6.07) is 18.8. The van der Waals surface area contributed by atoms with Crippen molar-refractivity contribution in [1.82, 2.24) is 15.2 Å². The molecule has 6 nitrogen and oxygen atoms in total. The van der Waals surface area contributed by atoms with Gasteiger partial charge in [0.1, 0.15) is 17.6 Å². The average molecular weight is 407 g/mol. The molecular formula is C22H22N4O2S. The Morgan fingerprint density at radius 1 is 1.17 bits per heavy atom. The van der Waals surface area contributed by atoms with Crippen molar-refractivity contribution >= 4 is 28.9 Å². The van der Waals surface area contributed by atoms with Crippen LogP contribution in [0.25, 0.3) is 0 Å². The zero-order valence-electron chi connectivity index (χ0n) is 16.0. The number of benzene rings is 1. The van der Waals surface area contributed by atoms with Gasteiger partial charge in [-0.15, -0.1) is 0 Å². The van der Waals surface area contributed by atoms with Crippen LogP contribution in [-0.4, -0.2) is 27.4 Å². The summed E-state index contributed by atoms with van der Waals surface area (Å²) >= 11 is 5.60. The number of furan rings is 1. The Kier molecular flexibility index (Phi) is 5.57. The van der Waals surface area contributed by atoms with Gasteiger partial charge in [0.05, 0.1) is 11.7 Å². The number of nitrogens with zero attached hydrogens (tertiary/aromatic N) is 2. The van der Waals surface area contributed by atoms with Crippen LogP contribution in [0.4, 0.5) is 5.69 Å². The van der Waals surface area contributed by atoms with Gasteiger partial charge in [-0.1, -0.05) is 24.3 Å². The summed E-state index contributed by atoms with van der Waals surface area (Å²) in [5.74, 6) is 1.57. The van der Waals surface area contributed by atoms with Crippen LogP contribution in [0.15, 0.2) is 71.3 Å². The third-order valence-electron chi connectivity index (χ3n) is 4.89. The van der Waals surface area contributed by atoms with Gasteiger partial charge in [-0.2, -0.15) is 0 Å². The topological polar surface area (TPSA) is 70.4 Å². The average Bonchev–Trinajstić information content (AvgIpc) is 3.30. The Morgan fingerprint density at radius 3 is 2.66 bits per heavy atom. The zero-order chi connectivity index (χ0) is 20.2. The van der Waals surface area contributed by atoms with Crippen LogP contribution in [0.3, 0.4) is 0 Å². The summed E-state index contributed by atoms with van der Waals surface area (Å²) in [6.45, 7) is 2.38. The molecule has 0 radical (unpaired) electrons. The number of rotatable bonds is 6. The second-order valence-corrected chi connectivity index (χ2v) is 7.32. The molecule has 0 unspecified atom stereocenters. The fraction of sp³-hybridized carbons (Fsp3) is 0.227. The van der Waals surface area contributed by atoms with Crippen molar-refractivity contribution in [1.29, 1.82) is 0 Å². The molecule has 0 bridgehead atoms. The fourth-order valence-electron chi connectivity index (χ4n) is 3.53. The van der Waals surface area contributed by atoms with E-state index in [2.05, 4.69) is 15.6 Å². The Bertz CT molecular complexity index is 990. The van der Waals surface area contributed by atoms with Crippen LogP contribution in [-0.2, 0) is 4.79 Å². The number of pyridine rings is 1. The molecule has 1 aliphatic rings. The quantitative estimate of drug-likeness (QED) is 0.604. The van der Waals surface area contributed by atoms with Crippen LogP contribution in [0, 0.1) is 6.92 Å². The molecule has 1 aliphatic heterocycles. The summed E-state index contributed by atoms with van der Waals surface area (Å²) in [4.78, 5) is 18.9. The minimum atomic E-state index is -0.171. The smallest absolute Gasteiger partial charge is 0.226 e. The minimum absolute atomic E-state index is 0.0605. The molecule has 1 saturated heterocycles. The van der Waals surface area contributed by atoms with Crippen LogP contribution >= 0.6 is 12.2 Å². The number of carbonyl (C=O) groups is 1. The van der Waals surface area contributed by atoms with E-state index in [0.717, 1.165) is 22.9 Å². The maximum absolute atomic E-state index is 12.4. The molecule has 29 heavy (non-hydrogen) atoms. The molecule has 2 N–H and O–H groups in total. The second-order valence-electron chi connectivity index (χ2n) is 6.93. The van der Waals surface area contributed by atoms with E-state index in [1.807, 2.05) is 72.5 Å². The SMILES string of the molecule is Cc1ccc([C@H]2[C@H](c3ccccn3)NC(=S)N2CCC(=O)Nc2ccccc2)o1. The molecule has 2 atom stereocenters. The molecule has 7 heteroatoms. The highest BCUT2D eigenvalue weighted by molar-refractivity contribution is 7.80. The molecule has 0 aliphatic carbocycles. The molecule has 4 rings (SSSR count). The standard InChI is InChI=1S/C22H22N4O2S/c1-15-10-11-18(28-15)21-20(17-9-5-6-13-23-17)25-22(29)26(21)14-12-19(27)24-16-7-3-2-4-8-16/h2-11,13,20-21H,12,14H2,1H3,(H,24,27)(H,25,29)/t20-,21-/m0/s1. The zero-order valence-corrected chi connectivity index (χ0v) is 16.9. The lowest BCUT2D eigenvalue weighted by Gasteiger charge is -2.25. The first-order chi connectivity index (χ1) is 14.1.